The minimum Gasteiger partial charge on any atom is -0.496 e. The van der Waals surface area contributed by atoms with Gasteiger partial charge in [-0.1, -0.05) is 0 Å². The summed E-state index contributed by atoms with van der Waals surface area (Å²) in [6.07, 6.45) is 0. The number of ether oxygens (including phenoxy) is 2. The zero-order valence-electron chi connectivity index (χ0n) is 12.0. The van der Waals surface area contributed by atoms with Crippen LogP contribution in [0.15, 0.2) is 12.1 Å². The topological polar surface area (TPSA) is 40.5 Å². The van der Waals surface area contributed by atoms with Gasteiger partial charge < -0.3 is 14.0 Å². The Kier molecular flexibility index (Phi) is 3.51. The lowest BCUT2D eigenvalue weighted by atomic mass is 10.0. The van der Waals surface area contributed by atoms with E-state index in [-0.39, 0.29) is 12.5 Å². The summed E-state index contributed by atoms with van der Waals surface area (Å²) in [6.45, 7) is 6.32. The maximum absolute atomic E-state index is 11.5. The molecule has 0 amide bonds. The van der Waals surface area contributed by atoms with E-state index in [9.17, 15) is 4.79 Å². The minimum atomic E-state index is -0.252. The molecule has 2 aromatic rings. The Bertz CT molecular complexity index is 641. The molecule has 0 N–H and O–H groups in total. The third-order valence-electron chi connectivity index (χ3n) is 3.68. The van der Waals surface area contributed by atoms with Gasteiger partial charge in [0.05, 0.1) is 19.7 Å². The van der Waals surface area contributed by atoms with Gasteiger partial charge in [-0.2, -0.15) is 0 Å². The first-order chi connectivity index (χ1) is 8.99. The Labute approximate surface area is 112 Å². The Balaban J connectivity index is 2.68. The summed E-state index contributed by atoms with van der Waals surface area (Å²) in [4.78, 5) is 11.5. The van der Waals surface area contributed by atoms with E-state index in [1.807, 2.05) is 24.5 Å². The number of methoxy groups -OCH3 is 2. The van der Waals surface area contributed by atoms with Crippen molar-refractivity contribution in [2.24, 2.45) is 0 Å². The maximum atomic E-state index is 11.5. The average molecular weight is 261 g/mol. The van der Waals surface area contributed by atoms with Gasteiger partial charge in [0, 0.05) is 17.1 Å². The Morgan fingerprint density at radius 3 is 2.42 bits per heavy atom. The first-order valence-electron chi connectivity index (χ1n) is 6.20. The largest absolute Gasteiger partial charge is 0.496 e. The molecular weight excluding hydrogens is 242 g/mol. The van der Waals surface area contributed by atoms with E-state index in [1.54, 1.807) is 7.11 Å². The molecule has 0 atom stereocenters. The number of carbonyl (C=O) groups is 1. The van der Waals surface area contributed by atoms with Crippen LogP contribution in [-0.4, -0.2) is 24.8 Å². The van der Waals surface area contributed by atoms with Crippen LogP contribution in [0.2, 0.25) is 0 Å². The summed E-state index contributed by atoms with van der Waals surface area (Å²) in [7, 11) is 3.06. The van der Waals surface area contributed by atoms with Gasteiger partial charge in [0.1, 0.15) is 12.3 Å². The van der Waals surface area contributed by atoms with Crippen LogP contribution < -0.4 is 4.74 Å². The highest BCUT2D eigenvalue weighted by atomic mass is 16.5. The maximum Gasteiger partial charge on any atom is 0.325 e. The molecule has 0 aliphatic heterocycles. The van der Waals surface area contributed by atoms with Gasteiger partial charge in [-0.25, -0.2) is 0 Å². The van der Waals surface area contributed by atoms with Gasteiger partial charge in [0.2, 0.25) is 0 Å². The van der Waals surface area contributed by atoms with Crippen LogP contribution in [0.25, 0.3) is 10.9 Å². The van der Waals surface area contributed by atoms with Gasteiger partial charge in [-0.15, -0.1) is 0 Å². The van der Waals surface area contributed by atoms with E-state index in [1.165, 1.54) is 12.7 Å². The van der Waals surface area contributed by atoms with E-state index in [0.29, 0.717) is 0 Å². The zero-order chi connectivity index (χ0) is 14.2. The SMILES string of the molecule is COC(=O)Cn1c(C)cc2c(C)c(C)c(OC)cc21. The summed E-state index contributed by atoms with van der Waals surface area (Å²) >= 11 is 0. The van der Waals surface area contributed by atoms with Crippen molar-refractivity contribution < 1.29 is 14.3 Å². The Morgan fingerprint density at radius 2 is 1.84 bits per heavy atom. The molecule has 0 aliphatic rings. The second-order valence-corrected chi connectivity index (χ2v) is 4.71. The number of carbonyl (C=O) groups excluding carboxylic acids is 1. The predicted octanol–water partition coefficient (Wildman–Crippen LogP) is 2.75. The summed E-state index contributed by atoms with van der Waals surface area (Å²) < 4.78 is 12.1. The van der Waals surface area contributed by atoms with Gasteiger partial charge in [0.15, 0.2) is 0 Å². The van der Waals surface area contributed by atoms with Crippen LogP contribution in [0, 0.1) is 20.8 Å². The second kappa shape index (κ2) is 4.96. The third kappa shape index (κ3) is 2.18. The average Bonchev–Trinajstić information content (AvgIpc) is 2.71. The number of fused-ring (bicyclic) bond motifs is 1. The van der Waals surface area contributed by atoms with E-state index in [4.69, 9.17) is 9.47 Å². The van der Waals surface area contributed by atoms with E-state index >= 15 is 0 Å². The standard InChI is InChI=1S/C15H19NO3/c1-9-6-12-10(2)11(3)14(18-4)7-13(12)16(9)8-15(17)19-5/h6-7H,8H2,1-5H3. The summed E-state index contributed by atoms with van der Waals surface area (Å²) in [5.41, 5.74) is 4.35. The van der Waals surface area contributed by atoms with Crippen LogP contribution in [0.5, 0.6) is 5.75 Å². The normalized spacial score (nSPS) is 10.8. The quantitative estimate of drug-likeness (QED) is 0.798. The van der Waals surface area contributed by atoms with Gasteiger partial charge >= 0.3 is 5.97 Å². The van der Waals surface area contributed by atoms with Crippen molar-refractivity contribution in [3.05, 3.63) is 29.0 Å². The molecule has 0 radical (unpaired) electrons. The molecule has 0 aliphatic carbocycles. The molecule has 19 heavy (non-hydrogen) atoms. The first kappa shape index (κ1) is 13.5. The van der Waals surface area contributed by atoms with Gasteiger partial charge in [0.25, 0.3) is 0 Å². The predicted molar refractivity (Wildman–Crippen MR) is 74.7 cm³/mol. The molecular formula is C15H19NO3. The highest BCUT2D eigenvalue weighted by Crippen LogP contribution is 2.32. The van der Waals surface area contributed by atoms with Crippen LogP contribution in [-0.2, 0) is 16.1 Å². The van der Waals surface area contributed by atoms with Crippen molar-refractivity contribution in [3.63, 3.8) is 0 Å². The fourth-order valence-corrected chi connectivity index (χ4v) is 2.39. The summed E-state index contributed by atoms with van der Waals surface area (Å²) in [6, 6.07) is 4.08. The number of benzene rings is 1. The lowest BCUT2D eigenvalue weighted by Crippen LogP contribution is -2.12. The molecule has 1 aromatic heterocycles. The highest BCUT2D eigenvalue weighted by molar-refractivity contribution is 5.88. The Morgan fingerprint density at radius 1 is 1.16 bits per heavy atom. The van der Waals surface area contributed by atoms with Crippen molar-refractivity contribution in [1.29, 1.82) is 0 Å². The molecule has 4 heteroatoms. The molecule has 0 bridgehead atoms. The fraction of sp³-hybridized carbons (Fsp3) is 0.400. The number of rotatable bonds is 3. The van der Waals surface area contributed by atoms with E-state index in [0.717, 1.165) is 27.9 Å². The number of hydrogen-bond acceptors (Lipinski definition) is 3. The van der Waals surface area contributed by atoms with Crippen LogP contribution >= 0.6 is 0 Å². The molecule has 1 heterocycles. The third-order valence-corrected chi connectivity index (χ3v) is 3.68. The lowest BCUT2D eigenvalue weighted by molar-refractivity contribution is -0.141. The molecule has 1 aromatic carbocycles. The van der Waals surface area contributed by atoms with Crippen LogP contribution in [0.3, 0.4) is 0 Å². The van der Waals surface area contributed by atoms with E-state index in [2.05, 4.69) is 13.0 Å². The molecule has 0 fully saturated rings. The lowest BCUT2D eigenvalue weighted by Gasteiger charge is -2.11. The summed E-state index contributed by atoms with van der Waals surface area (Å²) in [5.74, 6) is 0.590. The molecule has 0 saturated carbocycles. The molecule has 2 rings (SSSR count). The molecule has 0 saturated heterocycles. The number of hydrogen-bond donors (Lipinski definition) is 0. The number of esters is 1. The molecule has 0 spiro atoms. The first-order valence-corrected chi connectivity index (χ1v) is 6.20. The van der Waals surface area contributed by atoms with Crippen molar-refractivity contribution in [1.82, 2.24) is 4.57 Å². The Hall–Kier alpha value is -1.97. The number of nitrogens with zero attached hydrogens (tertiary/aromatic N) is 1. The fourth-order valence-electron chi connectivity index (χ4n) is 2.39. The smallest absolute Gasteiger partial charge is 0.325 e. The van der Waals surface area contributed by atoms with Crippen LogP contribution in [0.4, 0.5) is 0 Å². The van der Waals surface area contributed by atoms with E-state index < -0.39 is 0 Å². The molecule has 4 nitrogen and oxygen atoms in total. The van der Waals surface area contributed by atoms with Crippen LogP contribution in [0.1, 0.15) is 16.8 Å². The van der Waals surface area contributed by atoms with Crippen molar-refractivity contribution in [2.75, 3.05) is 14.2 Å². The number of aromatic nitrogens is 1. The zero-order valence-corrected chi connectivity index (χ0v) is 12.0. The molecule has 102 valence electrons. The van der Waals surface area contributed by atoms with Crippen molar-refractivity contribution in [2.45, 2.75) is 27.3 Å². The molecule has 0 unspecified atom stereocenters. The second-order valence-electron chi connectivity index (χ2n) is 4.71. The number of aryl methyl sites for hydroxylation is 2. The summed E-state index contributed by atoms with van der Waals surface area (Å²) in [5, 5.41) is 1.15. The highest BCUT2D eigenvalue weighted by Gasteiger charge is 2.15. The minimum absolute atomic E-state index is 0.220. The monoisotopic (exact) mass is 261 g/mol. The van der Waals surface area contributed by atoms with Gasteiger partial charge in [-0.3, -0.25) is 4.79 Å². The van der Waals surface area contributed by atoms with Crippen molar-refractivity contribution >= 4 is 16.9 Å². The van der Waals surface area contributed by atoms with Crippen molar-refractivity contribution in [3.8, 4) is 5.75 Å². The van der Waals surface area contributed by atoms with Gasteiger partial charge in [-0.05, 0) is 38.0 Å².